The number of unbranched alkanes of at least 4 members (excludes halogenated alkanes) is 15. The molecular formula is C25H55ClP2. The Balaban J connectivity index is 4.45. The molecule has 0 radical (unpaired) electrons. The molecule has 0 aliphatic carbocycles. The normalized spacial score (nSPS) is 13.8. The summed E-state index contributed by atoms with van der Waals surface area (Å²) < 4.78 is 0. The van der Waals surface area contributed by atoms with E-state index in [0.29, 0.717) is 0 Å². The van der Waals surface area contributed by atoms with E-state index in [2.05, 4.69) is 27.4 Å². The summed E-state index contributed by atoms with van der Waals surface area (Å²) in [5, 5.41) is 0. The summed E-state index contributed by atoms with van der Waals surface area (Å²) in [7, 11) is 0. The molecule has 0 rings (SSSR count). The molecule has 1 atom stereocenters. The van der Waals surface area contributed by atoms with Crippen LogP contribution >= 0.6 is 25.2 Å². The fourth-order valence-corrected chi connectivity index (χ4v) is 15.4. The van der Waals surface area contributed by atoms with Crippen molar-refractivity contribution in [2.24, 2.45) is 0 Å². The third-order valence-corrected chi connectivity index (χ3v) is 21.0. The van der Waals surface area contributed by atoms with Gasteiger partial charge in [0.15, 0.2) is 0 Å². The first-order valence-electron chi connectivity index (χ1n) is 13.0. The molecule has 3 heteroatoms. The van der Waals surface area contributed by atoms with Crippen molar-refractivity contribution in [3.63, 3.8) is 0 Å². The first-order valence-corrected chi connectivity index (χ1v) is 19.2. The van der Waals surface area contributed by atoms with Crippen molar-refractivity contribution in [1.82, 2.24) is 0 Å². The van der Waals surface area contributed by atoms with Gasteiger partial charge in [-0.1, -0.05) is 0 Å². The van der Waals surface area contributed by atoms with Gasteiger partial charge in [-0.25, -0.2) is 0 Å². The number of halogens is 1. The van der Waals surface area contributed by atoms with Gasteiger partial charge in [-0.15, -0.1) is 0 Å². The van der Waals surface area contributed by atoms with Crippen molar-refractivity contribution in [1.29, 1.82) is 0 Å². The van der Waals surface area contributed by atoms with Crippen LogP contribution in [0.25, 0.3) is 0 Å². The Morgan fingerprint density at radius 3 is 0.964 bits per heavy atom. The van der Waals surface area contributed by atoms with Gasteiger partial charge in [-0.05, 0) is 0 Å². The van der Waals surface area contributed by atoms with E-state index in [0.717, 1.165) is 0 Å². The van der Waals surface area contributed by atoms with Crippen LogP contribution in [-0.2, 0) is 0 Å². The molecule has 0 N–H and O–H groups in total. The predicted octanol–water partition coefficient (Wildman–Crippen LogP) is 11.0. The molecule has 0 fully saturated rings. The fourth-order valence-electron chi connectivity index (χ4n) is 4.54. The molecule has 172 valence electrons. The van der Waals surface area contributed by atoms with Gasteiger partial charge >= 0.3 is 187 Å². The molecule has 0 aliphatic rings. The van der Waals surface area contributed by atoms with Crippen molar-refractivity contribution in [3.05, 3.63) is 0 Å². The fraction of sp³-hybridized carbons (Fsp3) is 1.00. The third-order valence-electron chi connectivity index (χ3n) is 6.64. The standard InChI is InChI=1S/C25H55ClP2/c1-5-8-11-14-17-20-23-28(27(4)26,24-21-18-15-12-9-6-2)25-22-19-16-13-10-7-3/h28H,5-25H2,1-4H3. The van der Waals surface area contributed by atoms with Crippen LogP contribution in [0, 0.1) is 0 Å². The summed E-state index contributed by atoms with van der Waals surface area (Å²) >= 11 is 7.01. The molecule has 0 amide bonds. The van der Waals surface area contributed by atoms with E-state index >= 15 is 0 Å². The number of rotatable bonds is 22. The van der Waals surface area contributed by atoms with Gasteiger partial charge in [0.2, 0.25) is 0 Å². The Kier molecular flexibility index (Phi) is 22.3. The summed E-state index contributed by atoms with van der Waals surface area (Å²) in [5.74, 6) is 0. The molecule has 0 spiro atoms. The van der Waals surface area contributed by atoms with Gasteiger partial charge in [0.1, 0.15) is 0 Å². The third kappa shape index (κ3) is 15.9. The number of hydrogen-bond donors (Lipinski definition) is 0. The van der Waals surface area contributed by atoms with E-state index in [1.165, 1.54) is 134 Å². The van der Waals surface area contributed by atoms with Crippen LogP contribution in [0.4, 0.5) is 0 Å². The van der Waals surface area contributed by atoms with Crippen molar-refractivity contribution >= 4 is 25.2 Å². The Morgan fingerprint density at radius 2 is 0.714 bits per heavy atom. The molecule has 0 saturated heterocycles. The first kappa shape index (κ1) is 29.1. The van der Waals surface area contributed by atoms with E-state index in [4.69, 9.17) is 11.2 Å². The van der Waals surface area contributed by atoms with Crippen LogP contribution < -0.4 is 0 Å². The molecular weight excluding hydrogens is 398 g/mol. The van der Waals surface area contributed by atoms with Gasteiger partial charge in [0, 0.05) is 0 Å². The Labute approximate surface area is 186 Å². The van der Waals surface area contributed by atoms with Crippen molar-refractivity contribution in [3.8, 4) is 0 Å². The first-order chi connectivity index (χ1) is 13.6. The molecule has 0 aromatic heterocycles. The summed E-state index contributed by atoms with van der Waals surface area (Å²) in [4.78, 5) is 0. The van der Waals surface area contributed by atoms with Gasteiger partial charge in [-0.3, -0.25) is 0 Å². The van der Waals surface area contributed by atoms with Crippen LogP contribution in [0.1, 0.15) is 136 Å². The van der Waals surface area contributed by atoms with E-state index in [9.17, 15) is 0 Å². The van der Waals surface area contributed by atoms with Gasteiger partial charge in [0.25, 0.3) is 0 Å². The second-order valence-corrected chi connectivity index (χ2v) is 21.4. The Hall–Kier alpha value is 1.15. The minimum atomic E-state index is -1.25. The summed E-state index contributed by atoms with van der Waals surface area (Å²) in [6.45, 7) is 7.91. The molecule has 1 unspecified atom stereocenters. The molecule has 0 nitrogen and oxygen atoms in total. The molecule has 0 saturated carbocycles. The van der Waals surface area contributed by atoms with E-state index < -0.39 is 6.95 Å². The minimum absolute atomic E-state index is 0.220. The zero-order valence-electron chi connectivity index (χ0n) is 20.2. The zero-order valence-corrected chi connectivity index (χ0v) is 22.8. The summed E-state index contributed by atoms with van der Waals surface area (Å²) in [6.07, 6.45) is 30.5. The quantitative estimate of drug-likeness (QED) is 0.113. The van der Waals surface area contributed by atoms with Gasteiger partial charge < -0.3 is 0 Å². The molecule has 0 heterocycles. The van der Waals surface area contributed by atoms with Gasteiger partial charge in [-0.2, -0.15) is 0 Å². The molecule has 0 aromatic rings. The Morgan fingerprint density at radius 1 is 0.464 bits per heavy atom. The van der Waals surface area contributed by atoms with Crippen molar-refractivity contribution in [2.45, 2.75) is 136 Å². The van der Waals surface area contributed by atoms with Gasteiger partial charge in [0.05, 0.1) is 0 Å². The average Bonchev–Trinajstić information content (AvgIpc) is 2.69. The monoisotopic (exact) mass is 452 g/mol. The van der Waals surface area contributed by atoms with Crippen LogP contribution in [0.3, 0.4) is 0 Å². The Bertz CT molecular complexity index is 266. The summed E-state index contributed by atoms with van der Waals surface area (Å²) in [6, 6.07) is 0. The second kappa shape index (κ2) is 21.4. The van der Waals surface area contributed by atoms with Crippen LogP contribution in [0.5, 0.6) is 0 Å². The molecule has 0 aromatic carbocycles. The van der Waals surface area contributed by atoms with E-state index in [1.54, 1.807) is 0 Å². The number of hydrogen-bond acceptors (Lipinski definition) is 0. The maximum atomic E-state index is 7.01. The van der Waals surface area contributed by atoms with E-state index in [-0.39, 0.29) is 6.96 Å². The van der Waals surface area contributed by atoms with Crippen LogP contribution in [0.15, 0.2) is 0 Å². The van der Waals surface area contributed by atoms with Crippen molar-refractivity contribution in [2.75, 3.05) is 25.2 Å². The van der Waals surface area contributed by atoms with Crippen LogP contribution in [0.2, 0.25) is 0 Å². The second-order valence-electron chi connectivity index (χ2n) is 9.25. The average molecular weight is 453 g/mol. The molecule has 0 aliphatic heterocycles. The maximum absolute atomic E-state index is 7.01. The zero-order chi connectivity index (χ0) is 20.9. The topological polar surface area (TPSA) is 0 Å². The molecule has 0 bridgehead atoms. The predicted molar refractivity (Wildman–Crippen MR) is 142 cm³/mol. The molecule has 28 heavy (non-hydrogen) atoms. The van der Waals surface area contributed by atoms with E-state index in [1.807, 2.05) is 0 Å². The van der Waals surface area contributed by atoms with Crippen molar-refractivity contribution < 1.29 is 0 Å². The SMILES string of the molecule is CCCCCCCC[PH](CCCCCCCC)(CCCCCCCC)P(C)Cl. The van der Waals surface area contributed by atoms with Crippen LogP contribution in [-0.4, -0.2) is 25.2 Å². The summed E-state index contributed by atoms with van der Waals surface area (Å²) in [5.41, 5.74) is 0.